The van der Waals surface area contributed by atoms with Crippen LogP contribution in [-0.2, 0) is 16.6 Å². The van der Waals surface area contributed by atoms with E-state index in [1.54, 1.807) is 0 Å². The summed E-state index contributed by atoms with van der Waals surface area (Å²) in [6.45, 7) is 6.53. The molecule has 0 saturated carbocycles. The number of hydrogen-bond donors (Lipinski definition) is 2. The Bertz CT molecular complexity index is 871. The summed E-state index contributed by atoms with van der Waals surface area (Å²) in [5.41, 5.74) is 4.11. The van der Waals surface area contributed by atoms with Crippen molar-refractivity contribution in [2.24, 2.45) is 0 Å². The summed E-state index contributed by atoms with van der Waals surface area (Å²) in [7, 11) is 0. The lowest BCUT2D eigenvalue weighted by molar-refractivity contribution is -0.136. The number of aromatic nitrogens is 3. The van der Waals surface area contributed by atoms with Gasteiger partial charge in [-0.2, -0.15) is 0 Å². The highest BCUT2D eigenvalue weighted by Crippen LogP contribution is 2.29. The molecule has 5 nitrogen and oxygen atoms in total. The highest BCUT2D eigenvalue weighted by molar-refractivity contribution is 9.10. The molecule has 0 bridgehead atoms. The van der Waals surface area contributed by atoms with Gasteiger partial charge in [0.1, 0.15) is 4.60 Å². The predicted molar refractivity (Wildman–Crippen MR) is 89.4 cm³/mol. The molecule has 2 heterocycles. The predicted octanol–water partition coefficient (Wildman–Crippen LogP) is 3.89. The zero-order chi connectivity index (χ0) is 16.1. The fourth-order valence-corrected chi connectivity index (χ4v) is 3.20. The number of carboxylic acid groups (broad SMARTS) is 1. The van der Waals surface area contributed by atoms with Gasteiger partial charge >= 0.3 is 5.97 Å². The van der Waals surface area contributed by atoms with E-state index < -0.39 is 5.97 Å². The summed E-state index contributed by atoms with van der Waals surface area (Å²) in [5.74, 6) is -0.0767. The van der Waals surface area contributed by atoms with E-state index in [9.17, 15) is 4.79 Å². The largest absolute Gasteiger partial charge is 0.481 e. The van der Waals surface area contributed by atoms with Gasteiger partial charge in [-0.1, -0.05) is 26.8 Å². The Morgan fingerprint density at radius 3 is 2.77 bits per heavy atom. The third-order valence-electron chi connectivity index (χ3n) is 3.82. The van der Waals surface area contributed by atoms with Gasteiger partial charge in [-0.3, -0.25) is 9.20 Å². The molecule has 22 heavy (non-hydrogen) atoms. The molecule has 0 aliphatic carbocycles. The Kier molecular flexibility index (Phi) is 3.51. The molecule has 1 aromatic carbocycles. The Morgan fingerprint density at radius 2 is 2.14 bits per heavy atom. The van der Waals surface area contributed by atoms with Crippen molar-refractivity contribution >= 4 is 38.7 Å². The molecule has 3 rings (SSSR count). The summed E-state index contributed by atoms with van der Waals surface area (Å²) in [5, 5.41) is 8.82. The standard InChI is InChI=1S/C16H18BrN3O2/c1-16(2,3)9-4-6-12-11(8-9)19-15-18-10(5-7-13(21)22)14(17)20(12)15/h4,6,8H,5,7H2,1-3H3,(H,18,19)(H,21,22). The van der Waals surface area contributed by atoms with Crippen LogP contribution >= 0.6 is 15.9 Å². The molecular formula is C16H18BrN3O2. The quantitative estimate of drug-likeness (QED) is 0.741. The summed E-state index contributed by atoms with van der Waals surface area (Å²) >= 11 is 3.56. The number of halogens is 1. The minimum absolute atomic E-state index is 0.0788. The summed E-state index contributed by atoms with van der Waals surface area (Å²) in [6, 6.07) is 6.29. The topological polar surface area (TPSA) is 70.4 Å². The molecule has 3 aromatic rings. The molecule has 0 saturated heterocycles. The Morgan fingerprint density at radius 1 is 1.41 bits per heavy atom. The normalized spacial score (nSPS) is 12.4. The SMILES string of the molecule is CC(C)(C)c1ccc2c(c1)nc1[nH]c(CCC(=O)O)c(Br)n12. The van der Waals surface area contributed by atoms with Gasteiger partial charge in [-0.25, -0.2) is 4.98 Å². The van der Waals surface area contributed by atoms with Crippen LogP contribution in [0.15, 0.2) is 22.8 Å². The second-order valence-corrected chi connectivity index (χ2v) is 7.26. The van der Waals surface area contributed by atoms with Crippen molar-refractivity contribution in [3.63, 3.8) is 0 Å². The molecule has 0 unspecified atom stereocenters. The molecule has 0 aliphatic rings. The number of aliphatic carboxylic acids is 1. The number of rotatable bonds is 3. The molecule has 6 heteroatoms. The number of fused-ring (bicyclic) bond motifs is 3. The van der Waals surface area contributed by atoms with Gasteiger partial charge in [0.2, 0.25) is 5.78 Å². The van der Waals surface area contributed by atoms with Gasteiger partial charge < -0.3 is 10.1 Å². The smallest absolute Gasteiger partial charge is 0.303 e. The number of imidazole rings is 2. The first-order chi connectivity index (χ1) is 10.3. The first-order valence-electron chi connectivity index (χ1n) is 7.18. The highest BCUT2D eigenvalue weighted by atomic mass is 79.9. The number of aromatic amines is 1. The van der Waals surface area contributed by atoms with Crippen molar-refractivity contribution in [3.05, 3.63) is 34.1 Å². The first-order valence-corrected chi connectivity index (χ1v) is 7.97. The highest BCUT2D eigenvalue weighted by Gasteiger charge is 2.18. The Balaban J connectivity index is 2.11. The average Bonchev–Trinajstić information content (AvgIpc) is 2.91. The van der Waals surface area contributed by atoms with Gasteiger partial charge in [0.15, 0.2) is 0 Å². The second-order valence-electron chi connectivity index (χ2n) is 6.51. The third-order valence-corrected chi connectivity index (χ3v) is 4.65. The van der Waals surface area contributed by atoms with E-state index in [4.69, 9.17) is 5.11 Å². The zero-order valence-corrected chi connectivity index (χ0v) is 14.4. The van der Waals surface area contributed by atoms with Crippen LogP contribution in [0.2, 0.25) is 0 Å². The number of hydrogen-bond acceptors (Lipinski definition) is 2. The minimum Gasteiger partial charge on any atom is -0.481 e. The maximum Gasteiger partial charge on any atom is 0.303 e. The molecule has 0 spiro atoms. The van der Waals surface area contributed by atoms with E-state index in [1.807, 2.05) is 4.40 Å². The van der Waals surface area contributed by atoms with Crippen LogP contribution < -0.4 is 0 Å². The van der Waals surface area contributed by atoms with Crippen molar-refractivity contribution in [1.29, 1.82) is 0 Å². The number of carboxylic acids is 1. The summed E-state index contributed by atoms with van der Waals surface area (Å²) < 4.78 is 2.83. The number of nitrogens with one attached hydrogen (secondary N) is 1. The average molecular weight is 364 g/mol. The molecule has 116 valence electrons. The lowest BCUT2D eigenvalue weighted by atomic mass is 9.87. The van der Waals surface area contributed by atoms with Crippen LogP contribution in [0, 0.1) is 0 Å². The minimum atomic E-state index is -0.807. The lowest BCUT2D eigenvalue weighted by Gasteiger charge is -2.18. The van der Waals surface area contributed by atoms with Gasteiger partial charge in [0.05, 0.1) is 17.5 Å². The molecule has 0 aliphatic heterocycles. The number of H-pyrrole nitrogens is 1. The van der Waals surface area contributed by atoms with E-state index in [0.29, 0.717) is 6.42 Å². The van der Waals surface area contributed by atoms with Crippen molar-refractivity contribution in [2.45, 2.75) is 39.0 Å². The maximum atomic E-state index is 10.7. The van der Waals surface area contributed by atoms with Gasteiger partial charge in [-0.15, -0.1) is 0 Å². The van der Waals surface area contributed by atoms with E-state index in [0.717, 1.165) is 27.1 Å². The van der Waals surface area contributed by atoms with Gasteiger partial charge in [-0.05, 0) is 39.0 Å². The van der Waals surface area contributed by atoms with Crippen LogP contribution in [0.5, 0.6) is 0 Å². The van der Waals surface area contributed by atoms with Crippen LogP contribution in [-0.4, -0.2) is 25.4 Å². The number of carbonyl (C=O) groups is 1. The molecule has 2 aromatic heterocycles. The van der Waals surface area contributed by atoms with Gasteiger partial charge in [0, 0.05) is 12.1 Å². The van der Waals surface area contributed by atoms with Crippen LogP contribution in [0.4, 0.5) is 0 Å². The van der Waals surface area contributed by atoms with Crippen LogP contribution in [0.25, 0.3) is 16.8 Å². The van der Waals surface area contributed by atoms with Gasteiger partial charge in [0.25, 0.3) is 0 Å². The van der Waals surface area contributed by atoms with Crippen molar-refractivity contribution < 1.29 is 9.90 Å². The van der Waals surface area contributed by atoms with E-state index in [1.165, 1.54) is 5.56 Å². The zero-order valence-electron chi connectivity index (χ0n) is 12.8. The molecule has 0 atom stereocenters. The molecule has 2 N–H and O–H groups in total. The number of nitrogens with zero attached hydrogens (tertiary/aromatic N) is 2. The van der Waals surface area contributed by atoms with Crippen molar-refractivity contribution in [1.82, 2.24) is 14.4 Å². The second kappa shape index (κ2) is 5.12. The summed E-state index contributed by atoms with van der Waals surface area (Å²) in [4.78, 5) is 18.6. The fourth-order valence-electron chi connectivity index (χ4n) is 2.55. The fraction of sp³-hybridized carbons (Fsp3) is 0.375. The van der Waals surface area contributed by atoms with Crippen molar-refractivity contribution in [3.8, 4) is 0 Å². The lowest BCUT2D eigenvalue weighted by Crippen LogP contribution is -2.10. The first kappa shape index (κ1) is 15.1. The molecular weight excluding hydrogens is 346 g/mol. The van der Waals surface area contributed by atoms with Crippen LogP contribution in [0.3, 0.4) is 0 Å². The third kappa shape index (κ3) is 2.52. The van der Waals surface area contributed by atoms with E-state index >= 15 is 0 Å². The monoisotopic (exact) mass is 363 g/mol. The van der Waals surface area contributed by atoms with E-state index in [-0.39, 0.29) is 11.8 Å². The molecule has 0 fully saturated rings. The number of aryl methyl sites for hydroxylation is 1. The number of benzene rings is 1. The maximum absolute atomic E-state index is 10.7. The molecule has 0 radical (unpaired) electrons. The van der Waals surface area contributed by atoms with Crippen LogP contribution in [0.1, 0.15) is 38.4 Å². The van der Waals surface area contributed by atoms with Crippen molar-refractivity contribution in [2.75, 3.05) is 0 Å². The molecule has 0 amide bonds. The summed E-state index contributed by atoms with van der Waals surface area (Å²) in [6.07, 6.45) is 0.537. The Hall–Kier alpha value is -1.82. The van der Waals surface area contributed by atoms with E-state index in [2.05, 4.69) is 64.9 Å². The Labute approximate surface area is 136 Å².